The molecule has 0 aliphatic carbocycles. The van der Waals surface area contributed by atoms with Gasteiger partial charge in [-0.05, 0) is 25.8 Å². The summed E-state index contributed by atoms with van der Waals surface area (Å²) in [7, 11) is 0. The highest BCUT2D eigenvalue weighted by Gasteiger charge is 1.99. The van der Waals surface area contributed by atoms with Gasteiger partial charge >= 0.3 is 0 Å². The second-order valence-electron chi connectivity index (χ2n) is 4.46. The van der Waals surface area contributed by atoms with E-state index in [0.29, 0.717) is 6.61 Å². The molecule has 1 aromatic rings. The molecule has 0 fully saturated rings. The summed E-state index contributed by atoms with van der Waals surface area (Å²) in [5.74, 6) is 0. The number of aliphatic hydroxyl groups is 1. The molecule has 0 atom stereocenters. The average Bonchev–Trinajstić information content (AvgIpc) is 2.28. The summed E-state index contributed by atoms with van der Waals surface area (Å²) in [6, 6.07) is 4.24. The van der Waals surface area contributed by atoms with Crippen molar-refractivity contribution in [1.29, 1.82) is 0 Å². The van der Waals surface area contributed by atoms with E-state index in [4.69, 9.17) is 5.11 Å². The van der Waals surface area contributed by atoms with Crippen LogP contribution in [0.5, 0.6) is 0 Å². The number of aryl methyl sites for hydroxylation is 2. The maximum absolute atomic E-state index is 8.64. The van der Waals surface area contributed by atoms with Gasteiger partial charge in [0, 0.05) is 24.7 Å². The smallest absolute Gasteiger partial charge is 0.171 e. The summed E-state index contributed by atoms with van der Waals surface area (Å²) in [4.78, 5) is 0. The van der Waals surface area contributed by atoms with Gasteiger partial charge in [-0.15, -0.1) is 0 Å². The summed E-state index contributed by atoms with van der Waals surface area (Å²) in [6.45, 7) is 3.60. The third-order valence-corrected chi connectivity index (χ3v) is 2.83. The number of nitrogens with zero attached hydrogens (tertiary/aromatic N) is 1. The van der Waals surface area contributed by atoms with Gasteiger partial charge in [0.05, 0.1) is 0 Å². The minimum atomic E-state index is 0. The fourth-order valence-corrected chi connectivity index (χ4v) is 1.91. The molecule has 0 saturated heterocycles. The lowest BCUT2D eigenvalue weighted by molar-refractivity contribution is -0.697. The van der Waals surface area contributed by atoms with E-state index in [9.17, 15) is 0 Å². The van der Waals surface area contributed by atoms with E-state index < -0.39 is 0 Å². The first kappa shape index (κ1) is 16.6. The van der Waals surface area contributed by atoms with Gasteiger partial charge in [0.15, 0.2) is 12.4 Å². The second-order valence-corrected chi connectivity index (χ2v) is 4.46. The van der Waals surface area contributed by atoms with E-state index in [1.54, 1.807) is 0 Å². The molecule has 0 bridgehead atoms. The zero-order chi connectivity index (χ0) is 11.6. The van der Waals surface area contributed by atoms with Crippen LogP contribution in [-0.2, 0) is 6.54 Å². The average molecular weight is 302 g/mol. The van der Waals surface area contributed by atoms with E-state index in [1.165, 1.54) is 37.7 Å². The summed E-state index contributed by atoms with van der Waals surface area (Å²) < 4.78 is 2.27. The third kappa shape index (κ3) is 8.33. The molecule has 0 aliphatic rings. The molecule has 0 saturated carbocycles. The quantitative estimate of drug-likeness (QED) is 0.514. The predicted molar refractivity (Wildman–Crippen MR) is 66.2 cm³/mol. The van der Waals surface area contributed by atoms with Crippen molar-refractivity contribution in [3.63, 3.8) is 0 Å². The first-order valence-corrected chi connectivity index (χ1v) is 6.39. The number of halogens is 1. The van der Waals surface area contributed by atoms with Gasteiger partial charge < -0.3 is 22.1 Å². The Morgan fingerprint density at radius 3 is 2.35 bits per heavy atom. The molecule has 0 aliphatic heterocycles. The molecule has 98 valence electrons. The molecule has 0 radical (unpaired) electrons. The van der Waals surface area contributed by atoms with Crippen LogP contribution in [0.4, 0.5) is 0 Å². The minimum absolute atomic E-state index is 0. The molecule has 0 spiro atoms. The SMILES string of the molecule is Cc1ccc[n+](CCCCCCCCO)c1.[Br-]. The van der Waals surface area contributed by atoms with Crippen LogP contribution in [0.2, 0.25) is 0 Å². The molecule has 17 heavy (non-hydrogen) atoms. The number of aromatic nitrogens is 1. The Hall–Kier alpha value is -0.410. The van der Waals surface area contributed by atoms with E-state index in [-0.39, 0.29) is 17.0 Å². The van der Waals surface area contributed by atoms with Gasteiger partial charge in [-0.1, -0.05) is 19.3 Å². The maximum Gasteiger partial charge on any atom is 0.171 e. The third-order valence-electron chi connectivity index (χ3n) is 2.83. The van der Waals surface area contributed by atoms with E-state index in [2.05, 4.69) is 36.0 Å². The van der Waals surface area contributed by atoms with E-state index in [0.717, 1.165) is 13.0 Å². The summed E-state index contributed by atoms with van der Waals surface area (Å²) in [6.07, 6.45) is 11.6. The molecule has 1 aromatic heterocycles. The Bertz CT molecular complexity index is 291. The second kappa shape index (κ2) is 10.7. The number of unbranched alkanes of at least 4 members (excludes halogenated alkanes) is 5. The number of hydrogen-bond donors (Lipinski definition) is 1. The zero-order valence-corrected chi connectivity index (χ0v) is 12.3. The number of pyridine rings is 1. The highest BCUT2D eigenvalue weighted by molar-refractivity contribution is 5.01. The fourth-order valence-electron chi connectivity index (χ4n) is 1.91. The molecular formula is C14H24BrNO. The highest BCUT2D eigenvalue weighted by Crippen LogP contribution is 2.04. The van der Waals surface area contributed by atoms with Crippen molar-refractivity contribution in [3.8, 4) is 0 Å². The topological polar surface area (TPSA) is 24.1 Å². The van der Waals surface area contributed by atoms with Gasteiger partial charge in [0.25, 0.3) is 0 Å². The Labute approximate surface area is 115 Å². The van der Waals surface area contributed by atoms with Crippen LogP contribution in [0.25, 0.3) is 0 Å². The monoisotopic (exact) mass is 301 g/mol. The number of rotatable bonds is 8. The molecule has 0 aromatic carbocycles. The van der Waals surface area contributed by atoms with Gasteiger partial charge in [0.2, 0.25) is 0 Å². The van der Waals surface area contributed by atoms with Crippen molar-refractivity contribution in [3.05, 3.63) is 30.1 Å². The normalized spacial score (nSPS) is 10.0. The van der Waals surface area contributed by atoms with Gasteiger partial charge in [-0.2, -0.15) is 0 Å². The lowest BCUT2D eigenvalue weighted by Crippen LogP contribution is -3.00. The van der Waals surface area contributed by atoms with Crippen molar-refractivity contribution < 1.29 is 26.7 Å². The molecule has 1 heterocycles. The van der Waals surface area contributed by atoms with Crippen LogP contribution < -0.4 is 21.5 Å². The standard InChI is InChI=1S/C14H24NO.BrH/c1-14-9-8-11-15(13-14)10-6-4-2-3-5-7-12-16;/h8-9,11,13,16H,2-7,10,12H2,1H3;1H/q+1;/p-1. The Morgan fingerprint density at radius 2 is 1.71 bits per heavy atom. The largest absolute Gasteiger partial charge is 1.00 e. The van der Waals surface area contributed by atoms with Crippen LogP contribution in [0.15, 0.2) is 24.5 Å². The summed E-state index contributed by atoms with van der Waals surface area (Å²) >= 11 is 0. The van der Waals surface area contributed by atoms with Gasteiger partial charge in [-0.25, -0.2) is 4.57 Å². The van der Waals surface area contributed by atoms with Crippen molar-refractivity contribution in [1.82, 2.24) is 0 Å². The Kier molecular flexibility index (Phi) is 10.5. The molecule has 2 nitrogen and oxygen atoms in total. The van der Waals surface area contributed by atoms with Crippen molar-refractivity contribution >= 4 is 0 Å². The highest BCUT2D eigenvalue weighted by atomic mass is 79.9. The minimum Gasteiger partial charge on any atom is -1.00 e. The predicted octanol–water partition coefficient (Wildman–Crippen LogP) is -0.381. The molecule has 0 unspecified atom stereocenters. The zero-order valence-electron chi connectivity index (χ0n) is 10.7. The number of hydrogen-bond acceptors (Lipinski definition) is 1. The molecule has 1 rings (SSSR count). The first-order valence-electron chi connectivity index (χ1n) is 6.39. The number of aliphatic hydroxyl groups excluding tert-OH is 1. The fraction of sp³-hybridized carbons (Fsp3) is 0.643. The molecule has 1 N–H and O–H groups in total. The van der Waals surface area contributed by atoms with E-state index in [1.807, 2.05) is 0 Å². The molecular weight excluding hydrogens is 278 g/mol. The van der Waals surface area contributed by atoms with Crippen LogP contribution >= 0.6 is 0 Å². The van der Waals surface area contributed by atoms with Crippen molar-refractivity contribution in [2.24, 2.45) is 0 Å². The van der Waals surface area contributed by atoms with E-state index >= 15 is 0 Å². The molecule has 3 heteroatoms. The summed E-state index contributed by atoms with van der Waals surface area (Å²) in [5.41, 5.74) is 1.32. The Balaban J connectivity index is 0.00000256. The van der Waals surface area contributed by atoms with Crippen LogP contribution in [0, 0.1) is 6.92 Å². The maximum atomic E-state index is 8.64. The molecule has 0 amide bonds. The summed E-state index contributed by atoms with van der Waals surface area (Å²) in [5, 5.41) is 8.64. The van der Waals surface area contributed by atoms with Crippen LogP contribution in [0.3, 0.4) is 0 Å². The van der Waals surface area contributed by atoms with Crippen LogP contribution in [-0.4, -0.2) is 11.7 Å². The first-order chi connectivity index (χ1) is 7.83. The Morgan fingerprint density at radius 1 is 1.06 bits per heavy atom. The van der Waals surface area contributed by atoms with Gasteiger partial charge in [0.1, 0.15) is 6.54 Å². The van der Waals surface area contributed by atoms with Crippen LogP contribution in [0.1, 0.15) is 44.1 Å². The lowest BCUT2D eigenvalue weighted by Gasteiger charge is -1.99. The van der Waals surface area contributed by atoms with Crippen molar-refractivity contribution in [2.45, 2.75) is 52.0 Å². The lowest BCUT2D eigenvalue weighted by atomic mass is 10.1. The van der Waals surface area contributed by atoms with Gasteiger partial charge in [-0.3, -0.25) is 0 Å². The van der Waals surface area contributed by atoms with Crippen molar-refractivity contribution in [2.75, 3.05) is 6.61 Å².